The maximum atomic E-state index is 13.6. The van der Waals surface area contributed by atoms with E-state index in [4.69, 9.17) is 9.15 Å². The molecule has 0 unspecified atom stereocenters. The fraction of sp³-hybridized carbons (Fsp3) is 0.333. The van der Waals surface area contributed by atoms with Gasteiger partial charge in [0.25, 0.3) is 5.91 Å². The Bertz CT molecular complexity index is 1230. The molecule has 2 aliphatic heterocycles. The normalized spacial score (nSPS) is 20.9. The molecule has 6 heteroatoms. The lowest BCUT2D eigenvalue weighted by atomic mass is 9.97. The molecular weight excluding hydrogens is 446 g/mol. The van der Waals surface area contributed by atoms with Crippen molar-refractivity contribution in [3.8, 4) is 0 Å². The quantitative estimate of drug-likeness (QED) is 0.549. The van der Waals surface area contributed by atoms with Gasteiger partial charge in [-0.25, -0.2) is 0 Å². The standard InChI is InChI=1S/C24H22BrNO4/c1-13-9-18-19(10-14(13)2)30-23-20(22(18)27)21(15-5-3-6-16(25)11-15)26(24(23)28)12-17-7-4-8-29-17/h3,5-6,9-11,17,21H,4,7-8,12H2,1-2H3/t17-,21+/m1/s1. The lowest BCUT2D eigenvalue weighted by Crippen LogP contribution is -2.36. The van der Waals surface area contributed by atoms with E-state index in [0.29, 0.717) is 29.7 Å². The van der Waals surface area contributed by atoms with Gasteiger partial charge in [0, 0.05) is 17.6 Å². The van der Waals surface area contributed by atoms with Crippen LogP contribution in [0.3, 0.4) is 0 Å². The van der Waals surface area contributed by atoms with Crippen molar-refractivity contribution in [1.29, 1.82) is 0 Å². The summed E-state index contributed by atoms with van der Waals surface area (Å²) in [5.41, 5.74) is 3.67. The third-order valence-electron chi connectivity index (χ3n) is 6.17. The van der Waals surface area contributed by atoms with Gasteiger partial charge in [-0.2, -0.15) is 0 Å². The van der Waals surface area contributed by atoms with Crippen LogP contribution >= 0.6 is 15.9 Å². The first-order valence-corrected chi connectivity index (χ1v) is 11.0. The van der Waals surface area contributed by atoms with Crippen molar-refractivity contribution >= 4 is 32.8 Å². The highest BCUT2D eigenvalue weighted by molar-refractivity contribution is 9.10. The molecule has 154 valence electrons. The molecule has 30 heavy (non-hydrogen) atoms. The van der Waals surface area contributed by atoms with Crippen molar-refractivity contribution in [2.75, 3.05) is 13.2 Å². The second-order valence-corrected chi connectivity index (χ2v) is 9.07. The summed E-state index contributed by atoms with van der Waals surface area (Å²) < 4.78 is 12.8. The maximum Gasteiger partial charge on any atom is 0.291 e. The molecular formula is C24H22BrNO4. The number of aryl methyl sites for hydroxylation is 2. The second-order valence-electron chi connectivity index (χ2n) is 8.16. The van der Waals surface area contributed by atoms with Crippen molar-refractivity contribution < 1.29 is 13.9 Å². The Balaban J connectivity index is 1.73. The molecule has 0 aliphatic carbocycles. The highest BCUT2D eigenvalue weighted by Gasteiger charge is 2.44. The second kappa shape index (κ2) is 7.36. The average molecular weight is 468 g/mol. The Labute approximate surface area is 182 Å². The summed E-state index contributed by atoms with van der Waals surface area (Å²) >= 11 is 3.52. The van der Waals surface area contributed by atoms with Crippen LogP contribution in [0, 0.1) is 13.8 Å². The van der Waals surface area contributed by atoms with Gasteiger partial charge in [-0.15, -0.1) is 0 Å². The number of amides is 1. The van der Waals surface area contributed by atoms with Crippen LogP contribution in [0.2, 0.25) is 0 Å². The summed E-state index contributed by atoms with van der Waals surface area (Å²) in [6.45, 7) is 5.09. The minimum atomic E-state index is -0.489. The van der Waals surface area contributed by atoms with E-state index in [1.54, 1.807) is 4.90 Å². The molecule has 3 aromatic rings. The highest BCUT2D eigenvalue weighted by Crippen LogP contribution is 2.39. The lowest BCUT2D eigenvalue weighted by Gasteiger charge is -2.27. The zero-order valence-corrected chi connectivity index (χ0v) is 18.5. The number of hydrogen-bond acceptors (Lipinski definition) is 4. The van der Waals surface area contributed by atoms with E-state index >= 15 is 0 Å². The number of carbonyl (C=O) groups is 1. The smallest absolute Gasteiger partial charge is 0.291 e. The first-order chi connectivity index (χ1) is 14.4. The van der Waals surface area contributed by atoms with Crippen LogP contribution in [0.25, 0.3) is 11.0 Å². The van der Waals surface area contributed by atoms with Crippen LogP contribution in [0.4, 0.5) is 0 Å². The third kappa shape index (κ3) is 3.10. The van der Waals surface area contributed by atoms with Crippen LogP contribution in [0.1, 0.15) is 51.7 Å². The molecule has 1 amide bonds. The van der Waals surface area contributed by atoms with Gasteiger partial charge in [-0.05, 0) is 67.6 Å². The minimum absolute atomic E-state index is 0.0214. The number of halogens is 1. The Hall–Kier alpha value is -2.44. The van der Waals surface area contributed by atoms with E-state index in [2.05, 4.69) is 15.9 Å². The van der Waals surface area contributed by atoms with E-state index < -0.39 is 6.04 Å². The van der Waals surface area contributed by atoms with Crippen molar-refractivity contribution in [2.45, 2.75) is 38.8 Å². The zero-order valence-electron chi connectivity index (χ0n) is 16.9. The SMILES string of the molecule is Cc1cc2oc3c(c(=O)c2cc1C)[C@H](c1cccc(Br)c1)N(C[C@H]1CCCO1)C3=O. The lowest BCUT2D eigenvalue weighted by molar-refractivity contribution is 0.0486. The molecule has 5 rings (SSSR count). The van der Waals surface area contributed by atoms with Crippen LogP contribution < -0.4 is 5.43 Å². The van der Waals surface area contributed by atoms with Gasteiger partial charge >= 0.3 is 0 Å². The predicted molar refractivity (Wildman–Crippen MR) is 118 cm³/mol. The Morgan fingerprint density at radius 3 is 2.67 bits per heavy atom. The van der Waals surface area contributed by atoms with Crippen LogP contribution in [0.5, 0.6) is 0 Å². The van der Waals surface area contributed by atoms with Gasteiger partial charge in [0.05, 0.1) is 23.1 Å². The molecule has 3 heterocycles. The summed E-state index contributed by atoms with van der Waals surface area (Å²) in [5.74, 6) is -0.0959. The zero-order chi connectivity index (χ0) is 21.0. The minimum Gasteiger partial charge on any atom is -0.450 e. The van der Waals surface area contributed by atoms with Gasteiger partial charge in [0.1, 0.15) is 5.58 Å². The molecule has 1 aromatic heterocycles. The first kappa shape index (κ1) is 19.5. The number of nitrogens with zero attached hydrogens (tertiary/aromatic N) is 1. The Morgan fingerprint density at radius 2 is 1.93 bits per heavy atom. The molecule has 2 aliphatic rings. The molecule has 2 atom stereocenters. The van der Waals surface area contributed by atoms with Crippen molar-refractivity contribution in [3.63, 3.8) is 0 Å². The van der Waals surface area contributed by atoms with Crippen molar-refractivity contribution in [1.82, 2.24) is 4.90 Å². The fourth-order valence-corrected chi connectivity index (χ4v) is 4.91. The molecule has 0 radical (unpaired) electrons. The third-order valence-corrected chi connectivity index (χ3v) is 6.66. The van der Waals surface area contributed by atoms with E-state index in [1.165, 1.54) is 0 Å². The summed E-state index contributed by atoms with van der Waals surface area (Å²) in [7, 11) is 0. The number of rotatable bonds is 3. The van der Waals surface area contributed by atoms with E-state index in [1.807, 2.05) is 50.2 Å². The molecule has 1 fully saturated rings. The topological polar surface area (TPSA) is 59.8 Å². The molecule has 0 N–H and O–H groups in total. The summed E-state index contributed by atoms with van der Waals surface area (Å²) in [6.07, 6.45) is 1.88. The summed E-state index contributed by atoms with van der Waals surface area (Å²) in [6, 6.07) is 11.0. The number of benzene rings is 2. The number of ether oxygens (including phenoxy) is 1. The highest BCUT2D eigenvalue weighted by atomic mass is 79.9. The van der Waals surface area contributed by atoms with Gasteiger partial charge in [0.2, 0.25) is 5.76 Å². The molecule has 1 saturated heterocycles. The predicted octanol–water partition coefficient (Wildman–Crippen LogP) is 4.90. The maximum absolute atomic E-state index is 13.6. The van der Waals surface area contributed by atoms with Crippen molar-refractivity contribution in [3.05, 3.63) is 79.1 Å². The molecule has 5 nitrogen and oxygen atoms in total. The van der Waals surface area contributed by atoms with Gasteiger partial charge in [-0.3, -0.25) is 9.59 Å². The summed E-state index contributed by atoms with van der Waals surface area (Å²) in [4.78, 5) is 28.8. The van der Waals surface area contributed by atoms with Gasteiger partial charge in [-0.1, -0.05) is 28.1 Å². The van der Waals surface area contributed by atoms with E-state index in [9.17, 15) is 9.59 Å². The number of hydrogen-bond donors (Lipinski definition) is 0. The molecule has 2 aromatic carbocycles. The monoisotopic (exact) mass is 467 g/mol. The number of fused-ring (bicyclic) bond motifs is 2. The Kier molecular flexibility index (Phi) is 4.79. The number of carbonyl (C=O) groups excluding carboxylic acids is 1. The largest absolute Gasteiger partial charge is 0.450 e. The molecule has 0 bridgehead atoms. The fourth-order valence-electron chi connectivity index (χ4n) is 4.49. The first-order valence-electron chi connectivity index (χ1n) is 10.2. The average Bonchev–Trinajstić information content (AvgIpc) is 3.32. The molecule has 0 saturated carbocycles. The van der Waals surface area contributed by atoms with Gasteiger partial charge < -0.3 is 14.1 Å². The molecule has 0 spiro atoms. The van der Waals surface area contributed by atoms with Crippen molar-refractivity contribution in [2.24, 2.45) is 0 Å². The van der Waals surface area contributed by atoms with Crippen LogP contribution in [0.15, 0.2) is 50.1 Å². The Morgan fingerprint density at radius 1 is 1.13 bits per heavy atom. The van der Waals surface area contributed by atoms with Gasteiger partial charge in [0.15, 0.2) is 5.43 Å². The summed E-state index contributed by atoms with van der Waals surface area (Å²) in [5, 5.41) is 0.517. The van der Waals surface area contributed by atoms with Crippen LogP contribution in [-0.4, -0.2) is 30.1 Å². The van der Waals surface area contributed by atoms with Crippen LogP contribution in [-0.2, 0) is 4.74 Å². The van der Waals surface area contributed by atoms with E-state index in [0.717, 1.165) is 34.0 Å². The van der Waals surface area contributed by atoms with E-state index in [-0.39, 0.29) is 23.2 Å².